The zero-order valence-electron chi connectivity index (χ0n) is 10.5. The van der Waals surface area contributed by atoms with E-state index in [0.29, 0.717) is 0 Å². The van der Waals surface area contributed by atoms with Gasteiger partial charge in [0.15, 0.2) is 0 Å². The van der Waals surface area contributed by atoms with Gasteiger partial charge in [0, 0.05) is 5.69 Å². The van der Waals surface area contributed by atoms with Crippen LogP contribution in [-0.2, 0) is 6.18 Å². The summed E-state index contributed by atoms with van der Waals surface area (Å²) in [7, 11) is 0. The van der Waals surface area contributed by atoms with E-state index in [2.05, 4.69) is 10.3 Å². The lowest BCUT2D eigenvalue weighted by Crippen LogP contribution is -2.08. The molecule has 1 aromatic heterocycles. The van der Waals surface area contributed by atoms with Gasteiger partial charge >= 0.3 is 12.1 Å². The van der Waals surface area contributed by atoms with E-state index < -0.39 is 17.7 Å². The van der Waals surface area contributed by atoms with Crippen LogP contribution in [0, 0.1) is 0 Å². The molecular weight excluding hydrogens is 287 g/mol. The van der Waals surface area contributed by atoms with Crippen molar-refractivity contribution in [1.82, 2.24) is 4.98 Å². The smallest absolute Gasteiger partial charge is 0.416 e. The van der Waals surface area contributed by atoms with E-state index >= 15 is 0 Å². The molecule has 0 radical (unpaired) electrons. The average Bonchev–Trinajstić information content (AvgIpc) is 2.40. The molecule has 0 spiro atoms. The van der Waals surface area contributed by atoms with Gasteiger partial charge in [-0.3, -0.25) is 0 Å². The quantitative estimate of drug-likeness (QED) is 0.810. The molecule has 8 heteroatoms. The zero-order chi connectivity index (χ0) is 15.6. The van der Waals surface area contributed by atoms with Crippen LogP contribution in [0.25, 0.3) is 0 Å². The van der Waals surface area contributed by atoms with Crippen molar-refractivity contribution in [1.29, 1.82) is 0 Å². The van der Waals surface area contributed by atoms with Gasteiger partial charge in [-0.05, 0) is 24.3 Å². The molecule has 21 heavy (non-hydrogen) atoms. The van der Waals surface area contributed by atoms with Gasteiger partial charge in [0.25, 0.3) is 0 Å². The largest absolute Gasteiger partial charge is 0.478 e. The van der Waals surface area contributed by atoms with Crippen LogP contribution in [0.2, 0.25) is 0 Å². The Hall–Kier alpha value is -2.77. The number of halogens is 3. The van der Waals surface area contributed by atoms with Crippen molar-refractivity contribution in [2.75, 3.05) is 11.1 Å². The molecule has 0 aliphatic heterocycles. The van der Waals surface area contributed by atoms with E-state index in [1.165, 1.54) is 24.4 Å². The van der Waals surface area contributed by atoms with Crippen LogP contribution in [0.5, 0.6) is 0 Å². The van der Waals surface area contributed by atoms with Gasteiger partial charge in [0.2, 0.25) is 0 Å². The number of alkyl halides is 3. The van der Waals surface area contributed by atoms with Gasteiger partial charge in [-0.2, -0.15) is 13.2 Å². The number of nitrogen functional groups attached to an aromatic ring is 1. The molecule has 0 aliphatic carbocycles. The summed E-state index contributed by atoms with van der Waals surface area (Å²) in [6.07, 6.45) is -3.27. The van der Waals surface area contributed by atoms with Crippen molar-refractivity contribution in [3.63, 3.8) is 0 Å². The third-order valence-electron chi connectivity index (χ3n) is 2.59. The summed E-state index contributed by atoms with van der Waals surface area (Å²) in [5.41, 5.74) is 4.58. The first-order valence-corrected chi connectivity index (χ1v) is 5.70. The second-order valence-electron chi connectivity index (χ2n) is 4.17. The molecule has 0 bridgehead atoms. The third kappa shape index (κ3) is 3.41. The topological polar surface area (TPSA) is 88.2 Å². The van der Waals surface area contributed by atoms with Crippen LogP contribution in [0.3, 0.4) is 0 Å². The highest BCUT2D eigenvalue weighted by Crippen LogP contribution is 2.31. The van der Waals surface area contributed by atoms with E-state index in [0.717, 1.165) is 12.1 Å². The standard InChI is InChI=1S/C13H10F3N3O2/c14-13(15,16)7-2-1-3-9(4-7)19-11-10(12(20)21)5-8(17)6-18-11/h1-6H,17H2,(H,18,19)(H,20,21). The predicted molar refractivity (Wildman–Crippen MR) is 70.3 cm³/mol. The van der Waals surface area contributed by atoms with E-state index in [1.54, 1.807) is 0 Å². The van der Waals surface area contributed by atoms with Crippen LogP contribution in [0.1, 0.15) is 15.9 Å². The Bertz CT molecular complexity index is 687. The Kier molecular flexibility index (Phi) is 3.70. The minimum absolute atomic E-state index is 0.0737. The highest BCUT2D eigenvalue weighted by atomic mass is 19.4. The number of aromatic nitrogens is 1. The van der Waals surface area contributed by atoms with Gasteiger partial charge in [-0.25, -0.2) is 9.78 Å². The summed E-state index contributed by atoms with van der Waals surface area (Å²) in [6, 6.07) is 5.54. The van der Waals surface area contributed by atoms with Crippen molar-refractivity contribution in [3.8, 4) is 0 Å². The van der Waals surface area contributed by atoms with Crippen molar-refractivity contribution in [2.24, 2.45) is 0 Å². The molecule has 5 nitrogen and oxygen atoms in total. The Morgan fingerprint density at radius 1 is 1.29 bits per heavy atom. The molecule has 0 aliphatic rings. The molecule has 0 atom stereocenters. The molecule has 0 amide bonds. The lowest BCUT2D eigenvalue weighted by atomic mass is 10.2. The average molecular weight is 297 g/mol. The fourth-order valence-electron chi connectivity index (χ4n) is 1.65. The molecular formula is C13H10F3N3O2. The first-order chi connectivity index (χ1) is 9.77. The number of rotatable bonds is 3. The van der Waals surface area contributed by atoms with Gasteiger partial charge in [-0.15, -0.1) is 0 Å². The van der Waals surface area contributed by atoms with Crippen LogP contribution in [0.4, 0.5) is 30.4 Å². The van der Waals surface area contributed by atoms with Crippen LogP contribution < -0.4 is 11.1 Å². The second kappa shape index (κ2) is 5.31. The molecule has 2 aromatic rings. The summed E-state index contributed by atoms with van der Waals surface area (Å²) >= 11 is 0. The highest BCUT2D eigenvalue weighted by Gasteiger charge is 2.30. The van der Waals surface area contributed by atoms with Crippen LogP contribution >= 0.6 is 0 Å². The van der Waals surface area contributed by atoms with Crippen molar-refractivity contribution >= 4 is 23.2 Å². The molecule has 0 unspecified atom stereocenters. The SMILES string of the molecule is Nc1cnc(Nc2cccc(C(F)(F)F)c2)c(C(=O)O)c1. The number of hydrogen-bond acceptors (Lipinski definition) is 4. The van der Waals surface area contributed by atoms with Crippen LogP contribution in [0.15, 0.2) is 36.5 Å². The number of benzene rings is 1. The normalized spacial score (nSPS) is 11.2. The molecule has 110 valence electrons. The first-order valence-electron chi connectivity index (χ1n) is 5.70. The summed E-state index contributed by atoms with van der Waals surface area (Å²) in [5.74, 6) is -1.37. The van der Waals surface area contributed by atoms with Crippen LogP contribution in [-0.4, -0.2) is 16.1 Å². The molecule has 0 saturated heterocycles. The summed E-state index contributed by atoms with van der Waals surface area (Å²) in [4.78, 5) is 14.9. The molecule has 1 heterocycles. The second-order valence-corrected chi connectivity index (χ2v) is 4.17. The van der Waals surface area contributed by atoms with E-state index in [4.69, 9.17) is 10.8 Å². The Balaban J connectivity index is 2.37. The molecule has 2 rings (SSSR count). The lowest BCUT2D eigenvalue weighted by molar-refractivity contribution is -0.137. The minimum atomic E-state index is -4.48. The van der Waals surface area contributed by atoms with Gasteiger partial charge in [-0.1, -0.05) is 6.07 Å². The Morgan fingerprint density at radius 2 is 2.00 bits per heavy atom. The fraction of sp³-hybridized carbons (Fsp3) is 0.0769. The first kappa shape index (κ1) is 14.6. The van der Waals surface area contributed by atoms with E-state index in [-0.39, 0.29) is 22.8 Å². The van der Waals surface area contributed by atoms with Gasteiger partial charge < -0.3 is 16.2 Å². The molecule has 0 fully saturated rings. The molecule has 1 aromatic carbocycles. The predicted octanol–water partition coefficient (Wildman–Crippen LogP) is 3.12. The lowest BCUT2D eigenvalue weighted by Gasteiger charge is -2.11. The molecule has 4 N–H and O–H groups in total. The number of carboxylic acid groups (broad SMARTS) is 1. The fourth-order valence-corrected chi connectivity index (χ4v) is 1.65. The van der Waals surface area contributed by atoms with Crippen molar-refractivity contribution in [3.05, 3.63) is 47.7 Å². The maximum atomic E-state index is 12.6. The number of aromatic carboxylic acids is 1. The van der Waals surface area contributed by atoms with Crippen molar-refractivity contribution in [2.45, 2.75) is 6.18 Å². The van der Waals surface area contributed by atoms with Gasteiger partial charge in [0.1, 0.15) is 11.4 Å². The van der Waals surface area contributed by atoms with Gasteiger partial charge in [0.05, 0.1) is 17.4 Å². The monoisotopic (exact) mass is 297 g/mol. The summed E-state index contributed by atoms with van der Waals surface area (Å²) in [5, 5.41) is 11.6. The summed E-state index contributed by atoms with van der Waals surface area (Å²) < 4.78 is 37.8. The number of nitrogens with zero attached hydrogens (tertiary/aromatic N) is 1. The number of pyridine rings is 1. The number of carbonyl (C=O) groups is 1. The highest BCUT2D eigenvalue weighted by molar-refractivity contribution is 5.94. The minimum Gasteiger partial charge on any atom is -0.478 e. The maximum absolute atomic E-state index is 12.6. The maximum Gasteiger partial charge on any atom is 0.416 e. The van der Waals surface area contributed by atoms with E-state index in [9.17, 15) is 18.0 Å². The third-order valence-corrected chi connectivity index (χ3v) is 2.59. The summed E-state index contributed by atoms with van der Waals surface area (Å²) in [6.45, 7) is 0. The molecule has 0 saturated carbocycles. The number of carboxylic acids is 1. The number of anilines is 3. The number of nitrogens with one attached hydrogen (secondary N) is 1. The van der Waals surface area contributed by atoms with Crippen molar-refractivity contribution < 1.29 is 23.1 Å². The Morgan fingerprint density at radius 3 is 2.62 bits per heavy atom. The number of hydrogen-bond donors (Lipinski definition) is 3. The zero-order valence-corrected chi connectivity index (χ0v) is 10.5. The van der Waals surface area contributed by atoms with E-state index in [1.807, 2.05) is 0 Å². The Labute approximate surface area is 117 Å². The number of nitrogens with two attached hydrogens (primary N) is 1.